The first-order chi connectivity index (χ1) is 10.1. The maximum atomic E-state index is 11.1. The summed E-state index contributed by atoms with van der Waals surface area (Å²) in [6, 6.07) is 8.33. The number of rotatable bonds is 4. The highest BCUT2D eigenvalue weighted by Crippen LogP contribution is 2.33. The number of nitrogens with two attached hydrogens (primary N) is 1. The molecule has 1 unspecified atom stereocenters. The highest BCUT2D eigenvalue weighted by Gasteiger charge is 2.24. The Bertz CT molecular complexity index is 598. The highest BCUT2D eigenvalue weighted by molar-refractivity contribution is 7.18. The van der Waals surface area contributed by atoms with Crippen molar-refractivity contribution in [1.29, 1.82) is 0 Å². The van der Waals surface area contributed by atoms with Crippen molar-refractivity contribution in [3.8, 4) is 0 Å². The summed E-state index contributed by atoms with van der Waals surface area (Å²) in [6.45, 7) is 4.74. The van der Waals surface area contributed by atoms with Crippen LogP contribution in [0.3, 0.4) is 0 Å². The van der Waals surface area contributed by atoms with Crippen LogP contribution in [0, 0.1) is 5.92 Å². The molecule has 0 spiro atoms. The molecule has 0 radical (unpaired) electrons. The summed E-state index contributed by atoms with van der Waals surface area (Å²) in [5.74, 6) is 0.287. The Labute approximate surface area is 129 Å². The Morgan fingerprint density at radius 1 is 1.43 bits per heavy atom. The molecule has 2 heterocycles. The van der Waals surface area contributed by atoms with E-state index in [1.165, 1.54) is 9.71 Å². The molecular weight excluding hydrogens is 282 g/mol. The molecule has 4 nitrogen and oxygen atoms in total. The van der Waals surface area contributed by atoms with Gasteiger partial charge in [-0.25, -0.2) is 4.98 Å². The van der Waals surface area contributed by atoms with Crippen LogP contribution in [-0.4, -0.2) is 35.4 Å². The third-order valence-corrected chi connectivity index (χ3v) is 5.46. The SMILES string of the molecule is CC(CN1CCC(c2nc3ccccc3s2)CC1)C(N)=O. The summed E-state index contributed by atoms with van der Waals surface area (Å²) in [7, 11) is 0. The van der Waals surface area contributed by atoms with Gasteiger partial charge in [0.2, 0.25) is 5.91 Å². The van der Waals surface area contributed by atoms with Gasteiger partial charge in [0.1, 0.15) is 0 Å². The molecule has 1 amide bonds. The number of aromatic nitrogens is 1. The monoisotopic (exact) mass is 303 g/mol. The van der Waals surface area contributed by atoms with Gasteiger partial charge in [0, 0.05) is 18.4 Å². The number of primary amides is 1. The first-order valence-electron chi connectivity index (χ1n) is 7.50. The van der Waals surface area contributed by atoms with Crippen molar-refractivity contribution in [3.63, 3.8) is 0 Å². The highest BCUT2D eigenvalue weighted by atomic mass is 32.1. The molecule has 0 aliphatic carbocycles. The van der Waals surface area contributed by atoms with Crippen LogP contribution >= 0.6 is 11.3 Å². The lowest BCUT2D eigenvalue weighted by atomic mass is 9.96. The second-order valence-electron chi connectivity index (χ2n) is 5.90. The van der Waals surface area contributed by atoms with Gasteiger partial charge in [-0.2, -0.15) is 0 Å². The Morgan fingerprint density at radius 3 is 2.81 bits per heavy atom. The lowest BCUT2D eigenvalue weighted by molar-refractivity contribution is -0.121. The number of nitrogens with zero attached hydrogens (tertiary/aromatic N) is 2. The predicted octanol–water partition coefficient (Wildman–Crippen LogP) is 2.60. The van der Waals surface area contributed by atoms with Crippen molar-refractivity contribution >= 4 is 27.5 Å². The smallest absolute Gasteiger partial charge is 0.221 e. The summed E-state index contributed by atoms with van der Waals surface area (Å²) in [5.41, 5.74) is 6.45. The zero-order valence-corrected chi connectivity index (χ0v) is 13.1. The van der Waals surface area contributed by atoms with E-state index >= 15 is 0 Å². The molecule has 1 aromatic carbocycles. The number of likely N-dealkylation sites (tertiary alicyclic amines) is 1. The van der Waals surface area contributed by atoms with Gasteiger partial charge in [0.25, 0.3) is 0 Å². The van der Waals surface area contributed by atoms with E-state index in [-0.39, 0.29) is 11.8 Å². The van der Waals surface area contributed by atoms with Gasteiger partial charge >= 0.3 is 0 Å². The van der Waals surface area contributed by atoms with Gasteiger partial charge in [-0.3, -0.25) is 4.79 Å². The first-order valence-corrected chi connectivity index (χ1v) is 8.32. The van der Waals surface area contributed by atoms with Crippen molar-refractivity contribution in [1.82, 2.24) is 9.88 Å². The molecule has 1 aromatic heterocycles. The predicted molar refractivity (Wildman–Crippen MR) is 86.4 cm³/mol. The molecule has 1 saturated heterocycles. The number of para-hydroxylation sites is 1. The van der Waals surface area contributed by atoms with Crippen molar-refractivity contribution in [2.75, 3.05) is 19.6 Å². The van der Waals surface area contributed by atoms with Gasteiger partial charge < -0.3 is 10.6 Å². The van der Waals surface area contributed by atoms with Crippen molar-refractivity contribution in [2.45, 2.75) is 25.7 Å². The standard InChI is InChI=1S/C16H21N3OS/c1-11(15(17)20)10-19-8-6-12(7-9-19)16-18-13-4-2-3-5-14(13)21-16/h2-5,11-12H,6-10H2,1H3,(H2,17,20). The Kier molecular flexibility index (Phi) is 4.22. The van der Waals surface area contributed by atoms with Gasteiger partial charge in [-0.1, -0.05) is 19.1 Å². The average Bonchev–Trinajstić information content (AvgIpc) is 2.91. The largest absolute Gasteiger partial charge is 0.369 e. The van der Waals surface area contributed by atoms with Gasteiger partial charge in [-0.05, 0) is 38.1 Å². The normalized spacial score (nSPS) is 18.9. The number of thiazole rings is 1. The third kappa shape index (κ3) is 3.24. The Balaban J connectivity index is 1.61. The zero-order chi connectivity index (χ0) is 14.8. The third-order valence-electron chi connectivity index (χ3n) is 4.27. The average molecular weight is 303 g/mol. The number of piperidine rings is 1. The summed E-state index contributed by atoms with van der Waals surface area (Å²) in [6.07, 6.45) is 2.23. The maximum absolute atomic E-state index is 11.1. The van der Waals surface area contributed by atoms with Gasteiger partial charge in [0.05, 0.1) is 15.2 Å². The van der Waals surface area contributed by atoms with E-state index in [2.05, 4.69) is 23.1 Å². The molecule has 21 heavy (non-hydrogen) atoms. The van der Waals surface area contributed by atoms with E-state index in [0.717, 1.165) is 38.0 Å². The van der Waals surface area contributed by atoms with Crippen LogP contribution in [0.4, 0.5) is 0 Å². The number of hydrogen-bond donors (Lipinski definition) is 1. The minimum Gasteiger partial charge on any atom is -0.369 e. The number of hydrogen-bond acceptors (Lipinski definition) is 4. The molecule has 2 N–H and O–H groups in total. The fourth-order valence-electron chi connectivity index (χ4n) is 2.90. The zero-order valence-electron chi connectivity index (χ0n) is 12.3. The molecule has 3 rings (SSSR count). The molecular formula is C16H21N3OS. The molecule has 2 aromatic rings. The van der Waals surface area contributed by atoms with Crippen LogP contribution in [0.1, 0.15) is 30.7 Å². The second kappa shape index (κ2) is 6.12. The molecule has 0 bridgehead atoms. The van der Waals surface area contributed by atoms with Crippen LogP contribution in [0.25, 0.3) is 10.2 Å². The van der Waals surface area contributed by atoms with Crippen LogP contribution in [0.5, 0.6) is 0 Å². The fraction of sp³-hybridized carbons (Fsp3) is 0.500. The maximum Gasteiger partial charge on any atom is 0.221 e. The lowest BCUT2D eigenvalue weighted by Gasteiger charge is -2.32. The molecule has 1 aliphatic heterocycles. The van der Waals surface area contributed by atoms with Crippen LogP contribution in [0.2, 0.25) is 0 Å². The van der Waals surface area contributed by atoms with Gasteiger partial charge in [0.15, 0.2) is 0 Å². The summed E-state index contributed by atoms with van der Waals surface area (Å²) >= 11 is 1.82. The molecule has 1 atom stereocenters. The van der Waals surface area contributed by atoms with E-state index in [0.29, 0.717) is 5.92 Å². The minimum absolute atomic E-state index is 0.0657. The quantitative estimate of drug-likeness (QED) is 0.944. The summed E-state index contributed by atoms with van der Waals surface area (Å²) < 4.78 is 1.28. The summed E-state index contributed by atoms with van der Waals surface area (Å²) in [4.78, 5) is 18.3. The van der Waals surface area contributed by atoms with E-state index in [9.17, 15) is 4.79 Å². The summed E-state index contributed by atoms with van der Waals surface area (Å²) in [5, 5.41) is 1.26. The fourth-order valence-corrected chi connectivity index (χ4v) is 4.04. The van der Waals surface area contributed by atoms with E-state index in [1.54, 1.807) is 0 Å². The molecule has 112 valence electrons. The number of carbonyl (C=O) groups is 1. The molecule has 5 heteroatoms. The van der Waals surface area contributed by atoms with Crippen LogP contribution in [0.15, 0.2) is 24.3 Å². The number of amides is 1. The first kappa shape index (κ1) is 14.5. The van der Waals surface area contributed by atoms with Crippen molar-refractivity contribution in [3.05, 3.63) is 29.3 Å². The van der Waals surface area contributed by atoms with Crippen molar-refractivity contribution in [2.24, 2.45) is 11.7 Å². The van der Waals surface area contributed by atoms with Crippen molar-refractivity contribution < 1.29 is 4.79 Å². The van der Waals surface area contributed by atoms with Gasteiger partial charge in [-0.15, -0.1) is 11.3 Å². The molecule has 1 aliphatic rings. The van der Waals surface area contributed by atoms with E-state index in [1.807, 2.05) is 24.3 Å². The topological polar surface area (TPSA) is 59.2 Å². The number of carbonyl (C=O) groups excluding carboxylic acids is 1. The Morgan fingerprint density at radius 2 is 2.14 bits per heavy atom. The number of fused-ring (bicyclic) bond motifs is 1. The van der Waals surface area contributed by atoms with Crippen LogP contribution < -0.4 is 5.73 Å². The van der Waals surface area contributed by atoms with E-state index in [4.69, 9.17) is 10.7 Å². The number of benzene rings is 1. The Hall–Kier alpha value is -1.46. The molecule has 0 saturated carbocycles. The minimum atomic E-state index is -0.205. The molecule has 1 fully saturated rings. The lowest BCUT2D eigenvalue weighted by Crippen LogP contribution is -2.39. The second-order valence-corrected chi connectivity index (χ2v) is 6.96. The van der Waals surface area contributed by atoms with E-state index < -0.39 is 0 Å². The van der Waals surface area contributed by atoms with Crippen LogP contribution in [-0.2, 0) is 4.79 Å².